The van der Waals surface area contributed by atoms with E-state index in [1.165, 1.54) is 5.56 Å². The highest BCUT2D eigenvalue weighted by molar-refractivity contribution is 5.90. The first-order valence-corrected chi connectivity index (χ1v) is 9.36. The zero-order valence-electron chi connectivity index (χ0n) is 16.0. The first-order valence-electron chi connectivity index (χ1n) is 9.36. The molecular weight excluding hydrogens is 348 g/mol. The molecule has 0 saturated carbocycles. The number of fused-ring (bicyclic) bond motifs is 1. The minimum atomic E-state index is 0.131. The summed E-state index contributed by atoms with van der Waals surface area (Å²) in [6.07, 6.45) is 4.46. The maximum atomic E-state index is 5.28. The standard InChI is InChI=1S/C23H22N4O/c1-3-20(16-10-12-18(28-2)13-11-16)25-23-19-8-4-5-9-21(19)26-22(27-23)17-7-6-14-24-15-17/h4-15,20H,3H2,1-2H3,(H,25,26,27)/t20-/m0/s1. The highest BCUT2D eigenvalue weighted by Crippen LogP contribution is 2.29. The molecular formula is C23H22N4O. The molecule has 0 fully saturated rings. The molecule has 2 aromatic heterocycles. The number of nitrogens with one attached hydrogen (secondary N) is 1. The molecule has 0 aliphatic carbocycles. The maximum absolute atomic E-state index is 5.28. The largest absolute Gasteiger partial charge is 0.497 e. The lowest BCUT2D eigenvalue weighted by Crippen LogP contribution is -2.12. The maximum Gasteiger partial charge on any atom is 0.163 e. The van der Waals surface area contributed by atoms with E-state index >= 15 is 0 Å². The highest BCUT2D eigenvalue weighted by atomic mass is 16.5. The minimum absolute atomic E-state index is 0.131. The lowest BCUT2D eigenvalue weighted by atomic mass is 10.0. The number of ether oxygens (including phenoxy) is 1. The van der Waals surface area contributed by atoms with Crippen LogP contribution in [-0.4, -0.2) is 22.1 Å². The summed E-state index contributed by atoms with van der Waals surface area (Å²) >= 11 is 0. The lowest BCUT2D eigenvalue weighted by Gasteiger charge is -2.20. The molecule has 140 valence electrons. The van der Waals surface area contributed by atoms with Gasteiger partial charge in [-0.05, 0) is 48.4 Å². The van der Waals surface area contributed by atoms with Crippen LogP contribution in [0.15, 0.2) is 73.1 Å². The first-order chi connectivity index (χ1) is 13.8. The number of para-hydroxylation sites is 1. The second-order valence-electron chi connectivity index (χ2n) is 6.53. The SMILES string of the molecule is CC[C@H](Nc1nc(-c2cccnc2)nc2ccccc12)c1ccc(OC)cc1. The van der Waals surface area contributed by atoms with Crippen molar-refractivity contribution >= 4 is 16.7 Å². The van der Waals surface area contributed by atoms with Crippen molar-refractivity contribution < 1.29 is 4.74 Å². The third-order valence-electron chi connectivity index (χ3n) is 4.76. The summed E-state index contributed by atoms with van der Waals surface area (Å²) in [7, 11) is 1.68. The molecule has 2 heterocycles. The molecule has 4 rings (SSSR count). The van der Waals surface area contributed by atoms with Gasteiger partial charge in [-0.25, -0.2) is 9.97 Å². The van der Waals surface area contributed by atoms with Crippen molar-refractivity contribution in [3.63, 3.8) is 0 Å². The van der Waals surface area contributed by atoms with Gasteiger partial charge in [-0.1, -0.05) is 31.2 Å². The number of methoxy groups -OCH3 is 1. The van der Waals surface area contributed by atoms with Crippen LogP contribution in [-0.2, 0) is 0 Å². The second kappa shape index (κ2) is 8.05. The van der Waals surface area contributed by atoms with Gasteiger partial charge >= 0.3 is 0 Å². The Morgan fingerprint density at radius 3 is 2.50 bits per heavy atom. The molecule has 5 nitrogen and oxygen atoms in total. The molecule has 0 saturated heterocycles. The monoisotopic (exact) mass is 370 g/mol. The van der Waals surface area contributed by atoms with Crippen LogP contribution in [0.5, 0.6) is 5.75 Å². The smallest absolute Gasteiger partial charge is 0.163 e. The van der Waals surface area contributed by atoms with Gasteiger partial charge in [0.25, 0.3) is 0 Å². The lowest BCUT2D eigenvalue weighted by molar-refractivity contribution is 0.414. The van der Waals surface area contributed by atoms with E-state index in [0.717, 1.165) is 34.5 Å². The molecule has 1 atom stereocenters. The molecule has 5 heteroatoms. The van der Waals surface area contributed by atoms with Gasteiger partial charge in [0.2, 0.25) is 0 Å². The van der Waals surface area contributed by atoms with Gasteiger partial charge in [0, 0.05) is 23.3 Å². The van der Waals surface area contributed by atoms with Gasteiger partial charge in [0.05, 0.1) is 18.7 Å². The number of nitrogens with zero attached hydrogens (tertiary/aromatic N) is 3. The predicted molar refractivity (Wildman–Crippen MR) is 112 cm³/mol. The molecule has 0 aliphatic rings. The first kappa shape index (κ1) is 17.9. The van der Waals surface area contributed by atoms with Gasteiger partial charge in [-0.15, -0.1) is 0 Å². The van der Waals surface area contributed by atoms with Crippen molar-refractivity contribution in [1.82, 2.24) is 15.0 Å². The molecule has 0 amide bonds. The van der Waals surface area contributed by atoms with Crippen molar-refractivity contribution in [3.05, 3.63) is 78.6 Å². The van der Waals surface area contributed by atoms with Crippen LogP contribution < -0.4 is 10.1 Å². The molecule has 0 unspecified atom stereocenters. The van der Waals surface area contributed by atoms with E-state index in [9.17, 15) is 0 Å². The zero-order chi connectivity index (χ0) is 19.3. The minimum Gasteiger partial charge on any atom is -0.497 e. The summed E-state index contributed by atoms with van der Waals surface area (Å²) < 4.78 is 5.28. The molecule has 4 aromatic rings. The zero-order valence-corrected chi connectivity index (χ0v) is 16.0. The Morgan fingerprint density at radius 1 is 0.964 bits per heavy atom. The van der Waals surface area contributed by atoms with Crippen LogP contribution in [0.3, 0.4) is 0 Å². The van der Waals surface area contributed by atoms with Gasteiger partial charge in [0.15, 0.2) is 5.82 Å². The number of rotatable bonds is 6. The van der Waals surface area contributed by atoms with E-state index in [0.29, 0.717) is 5.82 Å². The predicted octanol–water partition coefficient (Wildman–Crippen LogP) is 5.26. The van der Waals surface area contributed by atoms with Gasteiger partial charge < -0.3 is 10.1 Å². The Hall–Kier alpha value is -3.47. The van der Waals surface area contributed by atoms with Gasteiger partial charge in [-0.3, -0.25) is 4.98 Å². The fourth-order valence-electron chi connectivity index (χ4n) is 3.23. The Morgan fingerprint density at radius 2 is 1.79 bits per heavy atom. The molecule has 28 heavy (non-hydrogen) atoms. The molecule has 0 radical (unpaired) electrons. The van der Waals surface area contributed by atoms with Crippen LogP contribution in [0.4, 0.5) is 5.82 Å². The van der Waals surface area contributed by atoms with Crippen LogP contribution in [0, 0.1) is 0 Å². The number of anilines is 1. The third-order valence-corrected chi connectivity index (χ3v) is 4.76. The summed E-state index contributed by atoms with van der Waals surface area (Å²) in [5.41, 5.74) is 2.99. The van der Waals surface area contributed by atoms with Crippen molar-refractivity contribution in [3.8, 4) is 17.1 Å². The quantitative estimate of drug-likeness (QED) is 0.501. The Bertz CT molecular complexity index is 1060. The number of aromatic nitrogens is 3. The molecule has 0 aliphatic heterocycles. The van der Waals surface area contributed by atoms with Crippen LogP contribution in [0.25, 0.3) is 22.3 Å². The molecule has 2 aromatic carbocycles. The molecule has 1 N–H and O–H groups in total. The van der Waals surface area contributed by atoms with E-state index in [2.05, 4.69) is 29.4 Å². The van der Waals surface area contributed by atoms with Crippen LogP contribution in [0.1, 0.15) is 24.9 Å². The van der Waals surface area contributed by atoms with Crippen molar-refractivity contribution in [2.45, 2.75) is 19.4 Å². The van der Waals surface area contributed by atoms with Crippen LogP contribution in [0.2, 0.25) is 0 Å². The number of benzene rings is 2. The average molecular weight is 370 g/mol. The van der Waals surface area contributed by atoms with Gasteiger partial charge in [-0.2, -0.15) is 0 Å². The number of hydrogen-bond donors (Lipinski definition) is 1. The van der Waals surface area contributed by atoms with E-state index < -0.39 is 0 Å². The van der Waals surface area contributed by atoms with E-state index in [4.69, 9.17) is 14.7 Å². The number of pyridine rings is 1. The molecule has 0 spiro atoms. The van der Waals surface area contributed by atoms with Gasteiger partial charge in [0.1, 0.15) is 11.6 Å². The summed E-state index contributed by atoms with van der Waals surface area (Å²) in [6, 6.07) is 20.2. The average Bonchev–Trinajstić information content (AvgIpc) is 2.78. The van der Waals surface area contributed by atoms with E-state index in [1.807, 2.05) is 48.5 Å². The number of hydrogen-bond acceptors (Lipinski definition) is 5. The van der Waals surface area contributed by atoms with Crippen molar-refractivity contribution in [2.24, 2.45) is 0 Å². The molecule has 0 bridgehead atoms. The highest BCUT2D eigenvalue weighted by Gasteiger charge is 2.14. The Balaban J connectivity index is 1.75. The fourth-order valence-corrected chi connectivity index (χ4v) is 3.23. The van der Waals surface area contributed by atoms with Crippen molar-refractivity contribution in [2.75, 3.05) is 12.4 Å². The third kappa shape index (κ3) is 3.64. The summed E-state index contributed by atoms with van der Waals surface area (Å²) in [5, 5.41) is 4.63. The summed E-state index contributed by atoms with van der Waals surface area (Å²) in [5.74, 6) is 2.34. The fraction of sp³-hybridized carbons (Fsp3) is 0.174. The Kier molecular flexibility index (Phi) is 5.15. The van der Waals surface area contributed by atoms with Crippen LogP contribution >= 0.6 is 0 Å². The topological polar surface area (TPSA) is 59.9 Å². The normalized spacial score (nSPS) is 11.9. The van der Waals surface area contributed by atoms with E-state index in [-0.39, 0.29) is 6.04 Å². The summed E-state index contributed by atoms with van der Waals surface area (Å²) in [6.45, 7) is 2.16. The van der Waals surface area contributed by atoms with Crippen molar-refractivity contribution in [1.29, 1.82) is 0 Å². The second-order valence-corrected chi connectivity index (χ2v) is 6.53. The Labute approximate surface area is 164 Å². The van der Waals surface area contributed by atoms with E-state index in [1.54, 1.807) is 19.5 Å². The summed E-state index contributed by atoms with van der Waals surface area (Å²) in [4.78, 5) is 13.8.